The van der Waals surface area contributed by atoms with Gasteiger partial charge in [-0.05, 0) is 47.1 Å². The van der Waals surface area contributed by atoms with Crippen LogP contribution in [0.4, 0.5) is 0 Å². The second-order valence-electron chi connectivity index (χ2n) is 5.73. The van der Waals surface area contributed by atoms with Crippen molar-refractivity contribution in [1.29, 1.82) is 0 Å². The van der Waals surface area contributed by atoms with Gasteiger partial charge in [-0.1, -0.05) is 17.7 Å². The van der Waals surface area contributed by atoms with E-state index >= 15 is 0 Å². The van der Waals surface area contributed by atoms with E-state index in [-0.39, 0.29) is 25.2 Å². The highest BCUT2D eigenvalue weighted by Crippen LogP contribution is 2.12. The van der Waals surface area contributed by atoms with E-state index < -0.39 is 5.97 Å². The molecule has 0 aliphatic carbocycles. The van der Waals surface area contributed by atoms with Gasteiger partial charge >= 0.3 is 5.97 Å². The first-order chi connectivity index (χ1) is 12.5. The highest BCUT2D eigenvalue weighted by atomic mass is 79.9. The van der Waals surface area contributed by atoms with Crippen LogP contribution < -0.4 is 10.3 Å². The number of ether oxygens (including phenoxy) is 2. The van der Waals surface area contributed by atoms with Crippen molar-refractivity contribution in [3.8, 4) is 5.75 Å². The minimum Gasteiger partial charge on any atom is -0.493 e. The zero-order valence-corrected chi connectivity index (χ0v) is 15.7. The Kier molecular flexibility index (Phi) is 5.68. The summed E-state index contributed by atoms with van der Waals surface area (Å²) in [7, 11) is 0. The first-order valence-electron chi connectivity index (χ1n) is 8.04. The molecule has 0 N–H and O–H groups in total. The van der Waals surface area contributed by atoms with E-state index in [4.69, 9.17) is 9.47 Å². The van der Waals surface area contributed by atoms with E-state index in [1.807, 2.05) is 31.2 Å². The van der Waals surface area contributed by atoms with E-state index in [1.54, 1.807) is 18.3 Å². The molecule has 0 spiro atoms. The summed E-state index contributed by atoms with van der Waals surface area (Å²) in [4.78, 5) is 28.2. The summed E-state index contributed by atoms with van der Waals surface area (Å²) in [5.74, 6) is 0.300. The van der Waals surface area contributed by atoms with Crippen LogP contribution >= 0.6 is 15.9 Å². The maximum absolute atomic E-state index is 12.1. The van der Waals surface area contributed by atoms with Crippen LogP contribution in [0.3, 0.4) is 0 Å². The number of aromatic nitrogens is 2. The van der Waals surface area contributed by atoms with Crippen molar-refractivity contribution >= 4 is 27.5 Å². The number of halogens is 1. The maximum atomic E-state index is 12.1. The molecule has 2 aromatic heterocycles. The molecule has 0 fully saturated rings. The number of carbonyl (C=O) groups is 1. The van der Waals surface area contributed by atoms with E-state index in [0.29, 0.717) is 17.1 Å². The average molecular weight is 417 g/mol. The highest BCUT2D eigenvalue weighted by molar-refractivity contribution is 9.10. The molecule has 2 heterocycles. The summed E-state index contributed by atoms with van der Waals surface area (Å²) in [6.45, 7) is 2.17. The molecule has 0 radical (unpaired) electrons. The van der Waals surface area contributed by atoms with E-state index in [9.17, 15) is 9.59 Å². The lowest BCUT2D eigenvalue weighted by molar-refractivity contribution is -0.145. The number of rotatable bonds is 6. The van der Waals surface area contributed by atoms with Gasteiger partial charge in [-0.2, -0.15) is 0 Å². The van der Waals surface area contributed by atoms with Crippen LogP contribution in [0.15, 0.2) is 57.9 Å². The van der Waals surface area contributed by atoms with Gasteiger partial charge in [-0.25, -0.2) is 4.98 Å². The zero-order chi connectivity index (χ0) is 18.5. The number of nitrogens with zero attached hydrogens (tertiary/aromatic N) is 2. The number of fused-ring (bicyclic) bond motifs is 1. The fourth-order valence-corrected chi connectivity index (χ4v) is 2.65. The fourth-order valence-electron chi connectivity index (χ4n) is 2.31. The van der Waals surface area contributed by atoms with Crippen molar-refractivity contribution in [2.24, 2.45) is 0 Å². The quantitative estimate of drug-likeness (QED) is 0.576. The molecule has 6 nitrogen and oxygen atoms in total. The average Bonchev–Trinajstić information content (AvgIpc) is 2.62. The predicted octanol–water partition coefficient (Wildman–Crippen LogP) is 3.28. The molecule has 0 aliphatic heterocycles. The van der Waals surface area contributed by atoms with Gasteiger partial charge in [0.2, 0.25) is 0 Å². The Morgan fingerprint density at radius 3 is 2.73 bits per heavy atom. The van der Waals surface area contributed by atoms with Crippen LogP contribution in [0.1, 0.15) is 17.7 Å². The van der Waals surface area contributed by atoms with Crippen LogP contribution in [0.25, 0.3) is 5.65 Å². The van der Waals surface area contributed by atoms with Crippen molar-refractivity contribution in [3.63, 3.8) is 0 Å². The number of pyridine rings is 1. The molecule has 7 heteroatoms. The molecule has 3 rings (SSSR count). The first-order valence-corrected chi connectivity index (χ1v) is 8.83. The number of carbonyl (C=O) groups excluding carboxylic acids is 1. The Morgan fingerprint density at radius 2 is 1.96 bits per heavy atom. The second-order valence-corrected chi connectivity index (χ2v) is 6.65. The zero-order valence-electron chi connectivity index (χ0n) is 14.1. The summed E-state index contributed by atoms with van der Waals surface area (Å²) < 4.78 is 12.9. The molecular formula is C19H17BrN2O4. The predicted molar refractivity (Wildman–Crippen MR) is 100 cm³/mol. The standard InChI is InChI=1S/C19H17BrN2O4/c1-13-2-5-16(6-3-13)25-9-8-19(24)26-12-15-10-18(23)22-11-14(20)4-7-17(22)21-15/h2-7,10-11H,8-9,12H2,1H3. The van der Waals surface area contributed by atoms with Crippen LogP contribution in [-0.4, -0.2) is 22.0 Å². The van der Waals surface area contributed by atoms with Gasteiger partial charge in [0.15, 0.2) is 0 Å². The second kappa shape index (κ2) is 8.14. The lowest BCUT2D eigenvalue weighted by Gasteiger charge is -2.08. The van der Waals surface area contributed by atoms with Gasteiger partial charge in [0.1, 0.15) is 18.0 Å². The smallest absolute Gasteiger partial charge is 0.309 e. The highest BCUT2D eigenvalue weighted by Gasteiger charge is 2.07. The number of hydrogen-bond acceptors (Lipinski definition) is 5. The lowest BCUT2D eigenvalue weighted by Crippen LogP contribution is -2.17. The van der Waals surface area contributed by atoms with Gasteiger partial charge in [0.25, 0.3) is 5.56 Å². The van der Waals surface area contributed by atoms with Gasteiger partial charge in [-0.3, -0.25) is 14.0 Å². The molecule has 0 bridgehead atoms. The molecule has 0 unspecified atom stereocenters. The van der Waals surface area contributed by atoms with Crippen LogP contribution in [0, 0.1) is 6.92 Å². The fraction of sp³-hybridized carbons (Fsp3) is 0.211. The van der Waals surface area contributed by atoms with Gasteiger partial charge < -0.3 is 9.47 Å². The number of aryl methyl sites for hydroxylation is 1. The molecule has 0 amide bonds. The molecule has 0 saturated carbocycles. The van der Waals surface area contributed by atoms with Crippen LogP contribution in [0.5, 0.6) is 5.75 Å². The Labute approximate surface area is 158 Å². The minimum atomic E-state index is -0.407. The van der Waals surface area contributed by atoms with Gasteiger partial charge in [-0.15, -0.1) is 0 Å². The Bertz CT molecular complexity index is 983. The third kappa shape index (κ3) is 4.70. The maximum Gasteiger partial charge on any atom is 0.309 e. The minimum absolute atomic E-state index is 0.0504. The summed E-state index contributed by atoms with van der Waals surface area (Å²) in [5.41, 5.74) is 1.81. The molecule has 0 saturated heterocycles. The first kappa shape index (κ1) is 18.1. The molecular weight excluding hydrogens is 400 g/mol. The topological polar surface area (TPSA) is 69.9 Å². The van der Waals surface area contributed by atoms with Crippen molar-refractivity contribution in [1.82, 2.24) is 9.38 Å². The van der Waals surface area contributed by atoms with Crippen molar-refractivity contribution < 1.29 is 14.3 Å². The normalized spacial score (nSPS) is 10.7. The summed E-state index contributed by atoms with van der Waals surface area (Å²) in [5, 5.41) is 0. The van der Waals surface area contributed by atoms with E-state index in [0.717, 1.165) is 10.0 Å². The Balaban J connectivity index is 1.52. The van der Waals surface area contributed by atoms with Crippen molar-refractivity contribution in [2.75, 3.05) is 6.61 Å². The molecule has 26 heavy (non-hydrogen) atoms. The molecule has 134 valence electrons. The molecule has 0 atom stereocenters. The Morgan fingerprint density at radius 1 is 1.19 bits per heavy atom. The summed E-state index contributed by atoms with van der Waals surface area (Å²) >= 11 is 3.31. The summed E-state index contributed by atoms with van der Waals surface area (Å²) in [6, 6.07) is 12.4. The lowest BCUT2D eigenvalue weighted by atomic mass is 10.2. The van der Waals surface area contributed by atoms with E-state index in [2.05, 4.69) is 20.9 Å². The van der Waals surface area contributed by atoms with E-state index in [1.165, 1.54) is 10.5 Å². The number of esters is 1. The van der Waals surface area contributed by atoms with Gasteiger partial charge in [0.05, 0.1) is 18.7 Å². The van der Waals surface area contributed by atoms with Crippen molar-refractivity contribution in [3.05, 3.63) is 74.7 Å². The SMILES string of the molecule is Cc1ccc(OCCC(=O)OCc2cc(=O)n3cc(Br)ccc3n2)cc1. The molecule has 1 aromatic carbocycles. The van der Waals surface area contributed by atoms with Crippen LogP contribution in [-0.2, 0) is 16.1 Å². The largest absolute Gasteiger partial charge is 0.493 e. The number of benzene rings is 1. The third-order valence-electron chi connectivity index (χ3n) is 3.65. The Hall–Kier alpha value is -2.67. The molecule has 0 aliphatic rings. The van der Waals surface area contributed by atoms with Crippen molar-refractivity contribution in [2.45, 2.75) is 20.0 Å². The molecule has 3 aromatic rings. The van der Waals surface area contributed by atoms with Crippen LogP contribution in [0.2, 0.25) is 0 Å². The third-order valence-corrected chi connectivity index (χ3v) is 4.12. The van der Waals surface area contributed by atoms with Gasteiger partial charge in [0, 0.05) is 16.7 Å². The number of hydrogen-bond donors (Lipinski definition) is 0. The summed E-state index contributed by atoms with van der Waals surface area (Å²) in [6.07, 6.45) is 1.76. The monoisotopic (exact) mass is 416 g/mol.